The van der Waals surface area contributed by atoms with E-state index in [-0.39, 0.29) is 17.6 Å². The standard InChI is InChI=1S/C20H35N3O5/c1-10(2)14-16(25)20(6,7)19(28)23(14)18(27)11(3)15(24)12(4)21-17(26)13(5)22(8)9/h10-15,24H,1-9H3,(H,21,26). The van der Waals surface area contributed by atoms with Crippen LogP contribution in [-0.4, -0.2) is 76.7 Å². The van der Waals surface area contributed by atoms with Crippen LogP contribution in [0.1, 0.15) is 48.5 Å². The lowest BCUT2D eigenvalue weighted by atomic mass is 9.85. The quantitative estimate of drug-likeness (QED) is 0.603. The zero-order valence-corrected chi connectivity index (χ0v) is 18.4. The molecule has 1 aliphatic rings. The number of carbonyl (C=O) groups excluding carboxylic acids is 4. The Morgan fingerprint density at radius 1 is 1.11 bits per heavy atom. The van der Waals surface area contributed by atoms with Crippen molar-refractivity contribution in [2.75, 3.05) is 14.1 Å². The summed E-state index contributed by atoms with van der Waals surface area (Å²) in [5, 5.41) is 13.3. The Kier molecular flexibility index (Phi) is 7.53. The molecule has 0 spiro atoms. The van der Waals surface area contributed by atoms with Crippen molar-refractivity contribution in [3.05, 3.63) is 0 Å². The SMILES string of the molecule is CC(C)C1C(=O)C(C)(C)C(=O)N1C(=O)C(C)C(O)C(C)NC(=O)C(C)N(C)C. The number of amides is 3. The minimum Gasteiger partial charge on any atom is -0.390 e. The number of aliphatic hydroxyl groups is 1. The third-order valence-corrected chi connectivity index (χ3v) is 5.72. The van der Waals surface area contributed by atoms with Gasteiger partial charge >= 0.3 is 0 Å². The Morgan fingerprint density at radius 3 is 2.04 bits per heavy atom. The molecule has 1 fully saturated rings. The van der Waals surface area contributed by atoms with Crippen LogP contribution >= 0.6 is 0 Å². The van der Waals surface area contributed by atoms with Crippen LogP contribution in [0.3, 0.4) is 0 Å². The first-order chi connectivity index (χ1) is 12.7. The van der Waals surface area contributed by atoms with Gasteiger partial charge in [-0.05, 0) is 47.7 Å². The number of nitrogens with one attached hydrogen (secondary N) is 1. The van der Waals surface area contributed by atoms with E-state index in [1.807, 2.05) is 0 Å². The molecular weight excluding hydrogens is 362 g/mol. The Morgan fingerprint density at radius 2 is 1.61 bits per heavy atom. The van der Waals surface area contributed by atoms with E-state index in [2.05, 4.69) is 5.32 Å². The van der Waals surface area contributed by atoms with Crippen LogP contribution in [0.4, 0.5) is 0 Å². The molecule has 1 rings (SSSR count). The molecule has 0 radical (unpaired) electrons. The highest BCUT2D eigenvalue weighted by atomic mass is 16.3. The lowest BCUT2D eigenvalue weighted by molar-refractivity contribution is -0.152. The van der Waals surface area contributed by atoms with Crippen molar-refractivity contribution in [2.24, 2.45) is 17.3 Å². The Balaban J connectivity index is 2.99. The number of imide groups is 1. The molecule has 2 N–H and O–H groups in total. The maximum Gasteiger partial charge on any atom is 0.243 e. The highest BCUT2D eigenvalue weighted by molar-refractivity contribution is 6.19. The Labute approximate surface area is 167 Å². The second-order valence-corrected chi connectivity index (χ2v) is 8.91. The van der Waals surface area contributed by atoms with Crippen molar-refractivity contribution in [3.63, 3.8) is 0 Å². The second kappa shape index (κ2) is 8.69. The maximum atomic E-state index is 13.0. The summed E-state index contributed by atoms with van der Waals surface area (Å²) in [6, 6.07) is -1.94. The van der Waals surface area contributed by atoms with E-state index >= 15 is 0 Å². The summed E-state index contributed by atoms with van der Waals surface area (Å²) >= 11 is 0. The average Bonchev–Trinajstić information content (AvgIpc) is 2.78. The Bertz CT molecular complexity index is 644. The number of Topliss-reactive ketones (excluding diaryl/α,β-unsaturated/α-hetero) is 1. The molecule has 1 saturated heterocycles. The molecule has 0 aliphatic carbocycles. The largest absolute Gasteiger partial charge is 0.390 e. The normalized spacial score (nSPS) is 23.7. The number of aliphatic hydroxyl groups excluding tert-OH is 1. The smallest absolute Gasteiger partial charge is 0.243 e. The van der Waals surface area contributed by atoms with E-state index in [0.29, 0.717) is 0 Å². The van der Waals surface area contributed by atoms with Crippen molar-refractivity contribution in [1.82, 2.24) is 15.1 Å². The van der Waals surface area contributed by atoms with E-state index in [4.69, 9.17) is 0 Å². The van der Waals surface area contributed by atoms with Gasteiger partial charge in [-0.1, -0.05) is 20.8 Å². The van der Waals surface area contributed by atoms with Gasteiger partial charge in [0.15, 0.2) is 5.78 Å². The maximum absolute atomic E-state index is 13.0. The van der Waals surface area contributed by atoms with E-state index in [9.17, 15) is 24.3 Å². The van der Waals surface area contributed by atoms with E-state index < -0.39 is 47.4 Å². The summed E-state index contributed by atoms with van der Waals surface area (Å²) in [6.07, 6.45) is -1.20. The highest BCUT2D eigenvalue weighted by Crippen LogP contribution is 2.36. The lowest BCUT2D eigenvalue weighted by Crippen LogP contribution is -2.54. The van der Waals surface area contributed by atoms with Crippen molar-refractivity contribution in [1.29, 1.82) is 0 Å². The monoisotopic (exact) mass is 397 g/mol. The summed E-state index contributed by atoms with van der Waals surface area (Å²) in [7, 11) is 3.53. The Hall–Kier alpha value is -1.80. The third kappa shape index (κ3) is 4.43. The molecular formula is C20H35N3O5. The van der Waals surface area contributed by atoms with E-state index in [1.165, 1.54) is 20.8 Å². The van der Waals surface area contributed by atoms with Crippen LogP contribution in [0.2, 0.25) is 0 Å². The molecule has 160 valence electrons. The molecule has 8 heteroatoms. The van der Waals surface area contributed by atoms with Gasteiger partial charge in [-0.2, -0.15) is 0 Å². The average molecular weight is 398 g/mol. The fraction of sp³-hybridized carbons (Fsp3) is 0.800. The van der Waals surface area contributed by atoms with Crippen molar-refractivity contribution < 1.29 is 24.3 Å². The molecule has 0 aromatic rings. The summed E-state index contributed by atoms with van der Waals surface area (Å²) in [6.45, 7) is 11.4. The molecule has 3 amide bonds. The van der Waals surface area contributed by atoms with Crippen molar-refractivity contribution >= 4 is 23.5 Å². The number of carbonyl (C=O) groups is 4. The number of hydrogen-bond acceptors (Lipinski definition) is 6. The number of nitrogens with zero attached hydrogens (tertiary/aromatic N) is 2. The van der Waals surface area contributed by atoms with Crippen LogP contribution < -0.4 is 5.32 Å². The first-order valence-corrected chi connectivity index (χ1v) is 9.72. The number of hydrogen-bond donors (Lipinski definition) is 2. The van der Waals surface area contributed by atoms with Crippen LogP contribution in [0.15, 0.2) is 0 Å². The van der Waals surface area contributed by atoms with E-state index in [0.717, 1.165) is 4.90 Å². The van der Waals surface area contributed by atoms with Gasteiger partial charge in [0.05, 0.1) is 24.1 Å². The highest BCUT2D eigenvalue weighted by Gasteiger charge is 2.57. The van der Waals surface area contributed by atoms with Crippen LogP contribution in [0.25, 0.3) is 0 Å². The zero-order chi connectivity index (χ0) is 22.1. The summed E-state index contributed by atoms with van der Waals surface area (Å²) in [5.41, 5.74) is -1.27. The molecule has 5 unspecified atom stereocenters. The molecule has 0 saturated carbocycles. The number of likely N-dealkylation sites (tertiary alicyclic amines) is 1. The van der Waals surface area contributed by atoms with Gasteiger partial charge in [0.25, 0.3) is 0 Å². The molecule has 1 heterocycles. The second-order valence-electron chi connectivity index (χ2n) is 8.91. The molecule has 8 nitrogen and oxygen atoms in total. The van der Waals surface area contributed by atoms with Gasteiger partial charge in [-0.15, -0.1) is 0 Å². The lowest BCUT2D eigenvalue weighted by Gasteiger charge is -2.31. The molecule has 0 aromatic carbocycles. The fourth-order valence-corrected chi connectivity index (χ4v) is 3.32. The van der Waals surface area contributed by atoms with Crippen molar-refractivity contribution in [2.45, 2.75) is 72.7 Å². The number of likely N-dealkylation sites (N-methyl/N-ethyl adjacent to an activating group) is 1. The zero-order valence-electron chi connectivity index (χ0n) is 18.4. The fourth-order valence-electron chi connectivity index (χ4n) is 3.32. The first-order valence-electron chi connectivity index (χ1n) is 9.72. The number of ketones is 1. The van der Waals surface area contributed by atoms with Gasteiger partial charge in [-0.25, -0.2) is 0 Å². The predicted molar refractivity (Wildman–Crippen MR) is 105 cm³/mol. The molecule has 28 heavy (non-hydrogen) atoms. The third-order valence-electron chi connectivity index (χ3n) is 5.72. The van der Waals surface area contributed by atoms with E-state index in [1.54, 1.807) is 46.7 Å². The summed E-state index contributed by atoms with van der Waals surface area (Å²) < 4.78 is 0. The van der Waals surface area contributed by atoms with Gasteiger partial charge in [0.2, 0.25) is 17.7 Å². The van der Waals surface area contributed by atoms with Gasteiger partial charge in [0, 0.05) is 0 Å². The minimum atomic E-state index is -1.27. The minimum absolute atomic E-state index is 0.232. The van der Waals surface area contributed by atoms with Crippen LogP contribution in [-0.2, 0) is 19.2 Å². The molecule has 1 aliphatic heterocycles. The molecule has 5 atom stereocenters. The molecule has 0 bridgehead atoms. The van der Waals surface area contributed by atoms with Gasteiger partial charge in [0.1, 0.15) is 11.5 Å². The van der Waals surface area contributed by atoms with Crippen LogP contribution in [0, 0.1) is 17.3 Å². The summed E-state index contributed by atoms with van der Waals surface area (Å²) in [5.74, 6) is -2.90. The van der Waals surface area contributed by atoms with Gasteiger partial charge in [-0.3, -0.25) is 29.0 Å². The molecule has 0 aromatic heterocycles. The van der Waals surface area contributed by atoms with Crippen LogP contribution in [0.5, 0.6) is 0 Å². The summed E-state index contributed by atoms with van der Waals surface area (Å²) in [4.78, 5) is 53.4. The first kappa shape index (κ1) is 24.2. The van der Waals surface area contributed by atoms with Gasteiger partial charge < -0.3 is 10.4 Å². The topological polar surface area (TPSA) is 107 Å². The number of rotatable bonds is 7. The van der Waals surface area contributed by atoms with Crippen molar-refractivity contribution in [3.8, 4) is 0 Å². The predicted octanol–water partition coefficient (Wildman–Crippen LogP) is 0.427.